The van der Waals surface area contributed by atoms with Gasteiger partial charge in [-0.2, -0.15) is 0 Å². The van der Waals surface area contributed by atoms with E-state index in [1.54, 1.807) is 0 Å². The highest BCUT2D eigenvalue weighted by Crippen LogP contribution is 2.27. The highest BCUT2D eigenvalue weighted by atomic mass is 15.1. The lowest BCUT2D eigenvalue weighted by Crippen LogP contribution is -2.48. The second-order valence-corrected chi connectivity index (χ2v) is 6.52. The van der Waals surface area contributed by atoms with Crippen LogP contribution in [0, 0.1) is 5.41 Å². The fraction of sp³-hybridized carbons (Fsp3) is 1.00. The van der Waals surface area contributed by atoms with Crippen molar-refractivity contribution in [2.75, 3.05) is 20.1 Å². The molecule has 1 unspecified atom stereocenters. The Morgan fingerprint density at radius 2 is 1.88 bits per heavy atom. The van der Waals surface area contributed by atoms with Gasteiger partial charge in [-0.05, 0) is 45.2 Å². The average molecular weight is 240 g/mol. The zero-order valence-corrected chi connectivity index (χ0v) is 12.6. The van der Waals surface area contributed by atoms with Gasteiger partial charge in [0, 0.05) is 18.6 Å². The predicted molar refractivity (Wildman–Crippen MR) is 76.4 cm³/mol. The second-order valence-electron chi connectivity index (χ2n) is 6.52. The molecule has 0 aromatic carbocycles. The van der Waals surface area contributed by atoms with Crippen LogP contribution in [0.15, 0.2) is 0 Å². The van der Waals surface area contributed by atoms with Crippen LogP contribution in [0.1, 0.15) is 59.8 Å². The van der Waals surface area contributed by atoms with E-state index in [9.17, 15) is 0 Å². The third-order valence-corrected chi connectivity index (χ3v) is 4.48. The fourth-order valence-electron chi connectivity index (χ4n) is 2.89. The molecular formula is C15H32N2. The van der Waals surface area contributed by atoms with Crippen LogP contribution < -0.4 is 5.32 Å². The Morgan fingerprint density at radius 1 is 1.29 bits per heavy atom. The Bertz CT molecular complexity index is 207. The SMILES string of the molecule is CCCNC(C)C(C)(C)CN(C)C1CCCC1. The van der Waals surface area contributed by atoms with E-state index in [4.69, 9.17) is 0 Å². The van der Waals surface area contributed by atoms with E-state index in [0.29, 0.717) is 11.5 Å². The average Bonchev–Trinajstić information content (AvgIpc) is 2.78. The summed E-state index contributed by atoms with van der Waals surface area (Å²) in [6.45, 7) is 11.7. The summed E-state index contributed by atoms with van der Waals surface area (Å²) in [4.78, 5) is 2.59. The number of hydrogen-bond donors (Lipinski definition) is 1. The van der Waals surface area contributed by atoms with Crippen molar-refractivity contribution in [3.63, 3.8) is 0 Å². The zero-order chi connectivity index (χ0) is 12.9. The molecule has 0 radical (unpaired) electrons. The summed E-state index contributed by atoms with van der Waals surface area (Å²) in [5.41, 5.74) is 0.354. The third-order valence-electron chi connectivity index (χ3n) is 4.48. The van der Waals surface area contributed by atoms with Crippen LogP contribution >= 0.6 is 0 Å². The smallest absolute Gasteiger partial charge is 0.0102 e. The van der Waals surface area contributed by atoms with Gasteiger partial charge in [0.25, 0.3) is 0 Å². The second kappa shape index (κ2) is 6.75. The molecule has 2 heteroatoms. The maximum absolute atomic E-state index is 3.64. The molecule has 1 N–H and O–H groups in total. The van der Waals surface area contributed by atoms with Gasteiger partial charge in [-0.3, -0.25) is 0 Å². The van der Waals surface area contributed by atoms with Gasteiger partial charge in [0.2, 0.25) is 0 Å². The summed E-state index contributed by atoms with van der Waals surface area (Å²) in [5, 5.41) is 3.64. The van der Waals surface area contributed by atoms with E-state index in [2.05, 4.69) is 45.0 Å². The van der Waals surface area contributed by atoms with E-state index >= 15 is 0 Å². The number of nitrogens with one attached hydrogen (secondary N) is 1. The number of hydrogen-bond acceptors (Lipinski definition) is 2. The lowest BCUT2D eigenvalue weighted by molar-refractivity contribution is 0.131. The van der Waals surface area contributed by atoms with Gasteiger partial charge in [-0.15, -0.1) is 0 Å². The third kappa shape index (κ3) is 4.59. The molecule has 1 saturated carbocycles. The molecule has 17 heavy (non-hydrogen) atoms. The molecule has 0 aromatic heterocycles. The molecule has 2 nitrogen and oxygen atoms in total. The Hall–Kier alpha value is -0.0800. The predicted octanol–water partition coefficient (Wildman–Crippen LogP) is 3.28. The minimum Gasteiger partial charge on any atom is -0.314 e. The topological polar surface area (TPSA) is 15.3 Å². The van der Waals surface area contributed by atoms with E-state index < -0.39 is 0 Å². The monoisotopic (exact) mass is 240 g/mol. The molecule has 0 amide bonds. The van der Waals surface area contributed by atoms with Gasteiger partial charge in [-0.1, -0.05) is 33.6 Å². The molecule has 1 aliphatic carbocycles. The van der Waals surface area contributed by atoms with Gasteiger partial charge in [0.15, 0.2) is 0 Å². The molecule has 1 rings (SSSR count). The first kappa shape index (κ1) is 15.0. The molecule has 0 saturated heterocycles. The van der Waals surface area contributed by atoms with Crippen molar-refractivity contribution in [3.8, 4) is 0 Å². The van der Waals surface area contributed by atoms with E-state index in [1.165, 1.54) is 38.6 Å². The van der Waals surface area contributed by atoms with Crippen molar-refractivity contribution in [2.24, 2.45) is 5.41 Å². The van der Waals surface area contributed by atoms with E-state index in [0.717, 1.165) is 12.6 Å². The molecule has 1 atom stereocenters. The Kier molecular flexibility index (Phi) is 5.94. The van der Waals surface area contributed by atoms with Crippen LogP contribution in [0.25, 0.3) is 0 Å². The summed E-state index contributed by atoms with van der Waals surface area (Å²) < 4.78 is 0. The number of nitrogens with zero attached hydrogens (tertiary/aromatic N) is 1. The zero-order valence-electron chi connectivity index (χ0n) is 12.6. The first-order chi connectivity index (χ1) is 7.97. The molecule has 1 aliphatic rings. The first-order valence-corrected chi connectivity index (χ1v) is 7.41. The summed E-state index contributed by atoms with van der Waals surface area (Å²) in [7, 11) is 2.31. The highest BCUT2D eigenvalue weighted by molar-refractivity contribution is 4.86. The molecule has 0 heterocycles. The van der Waals surface area contributed by atoms with Crippen molar-refractivity contribution < 1.29 is 0 Å². The van der Waals surface area contributed by atoms with Crippen LogP contribution in [-0.4, -0.2) is 37.1 Å². The minimum absolute atomic E-state index is 0.354. The molecule has 1 fully saturated rings. The van der Waals surface area contributed by atoms with Crippen LogP contribution in [0.5, 0.6) is 0 Å². The van der Waals surface area contributed by atoms with Crippen LogP contribution in [0.2, 0.25) is 0 Å². The summed E-state index contributed by atoms with van der Waals surface area (Å²) >= 11 is 0. The summed E-state index contributed by atoms with van der Waals surface area (Å²) in [5.74, 6) is 0. The van der Waals surface area contributed by atoms with Gasteiger partial charge in [-0.25, -0.2) is 0 Å². The lowest BCUT2D eigenvalue weighted by Gasteiger charge is -2.38. The first-order valence-electron chi connectivity index (χ1n) is 7.41. The van der Waals surface area contributed by atoms with Crippen LogP contribution in [-0.2, 0) is 0 Å². The van der Waals surface area contributed by atoms with E-state index in [-0.39, 0.29) is 0 Å². The van der Waals surface area contributed by atoms with Crippen molar-refractivity contribution in [3.05, 3.63) is 0 Å². The van der Waals surface area contributed by atoms with Crippen molar-refractivity contribution >= 4 is 0 Å². The molecule has 0 aromatic rings. The van der Waals surface area contributed by atoms with Gasteiger partial charge in [0.05, 0.1) is 0 Å². The molecule has 102 valence electrons. The lowest BCUT2D eigenvalue weighted by atomic mass is 9.84. The minimum atomic E-state index is 0.354. The van der Waals surface area contributed by atoms with Crippen molar-refractivity contribution in [1.82, 2.24) is 10.2 Å². The van der Waals surface area contributed by atoms with Crippen LogP contribution in [0.3, 0.4) is 0 Å². The van der Waals surface area contributed by atoms with Crippen LogP contribution in [0.4, 0.5) is 0 Å². The Morgan fingerprint density at radius 3 is 2.41 bits per heavy atom. The molecule has 0 aliphatic heterocycles. The maximum atomic E-state index is 3.64. The summed E-state index contributed by atoms with van der Waals surface area (Å²) in [6.07, 6.45) is 6.89. The van der Waals surface area contributed by atoms with Gasteiger partial charge < -0.3 is 10.2 Å². The molecule has 0 spiro atoms. The van der Waals surface area contributed by atoms with Crippen molar-refractivity contribution in [2.45, 2.75) is 71.9 Å². The normalized spacial score (nSPS) is 20.1. The Labute approximate surface area is 108 Å². The standard InChI is InChI=1S/C15H32N2/c1-6-11-16-13(2)15(3,4)12-17(5)14-9-7-8-10-14/h13-14,16H,6-12H2,1-5H3. The highest BCUT2D eigenvalue weighted by Gasteiger charge is 2.30. The molecule has 0 bridgehead atoms. The number of rotatable bonds is 7. The van der Waals surface area contributed by atoms with Gasteiger partial charge >= 0.3 is 0 Å². The molecular weight excluding hydrogens is 208 g/mol. The van der Waals surface area contributed by atoms with Crippen molar-refractivity contribution in [1.29, 1.82) is 0 Å². The Balaban J connectivity index is 2.40. The maximum Gasteiger partial charge on any atom is 0.0102 e. The fourth-order valence-corrected chi connectivity index (χ4v) is 2.89. The van der Waals surface area contributed by atoms with Gasteiger partial charge in [0.1, 0.15) is 0 Å². The largest absolute Gasteiger partial charge is 0.314 e. The summed E-state index contributed by atoms with van der Waals surface area (Å²) in [6, 6.07) is 1.43. The van der Waals surface area contributed by atoms with E-state index in [1.807, 2.05) is 0 Å². The quantitative estimate of drug-likeness (QED) is 0.735.